The molecule has 4 nitrogen and oxygen atoms in total. The molecule has 0 bridgehead atoms. The van der Waals surface area contributed by atoms with Crippen LogP contribution in [0.4, 0.5) is 5.69 Å². The molecule has 4 heteroatoms. The third-order valence-electron chi connectivity index (χ3n) is 2.20. The van der Waals surface area contributed by atoms with E-state index >= 15 is 0 Å². The van der Waals surface area contributed by atoms with Gasteiger partial charge in [-0.2, -0.15) is 0 Å². The summed E-state index contributed by atoms with van der Waals surface area (Å²) in [5, 5.41) is 9.11. The average Bonchev–Trinajstić information content (AvgIpc) is 2.18. The van der Waals surface area contributed by atoms with Crippen molar-refractivity contribution in [3.8, 4) is 5.75 Å². The lowest BCUT2D eigenvalue weighted by atomic mass is 9.92. The molecule has 0 saturated heterocycles. The normalized spacial score (nSPS) is 14.9. The number of nitrogen functional groups attached to an aromatic ring is 1. The van der Waals surface area contributed by atoms with Crippen molar-refractivity contribution >= 4 is 5.69 Å². The topological polar surface area (TPSA) is 81.5 Å². The molecule has 14 heavy (non-hydrogen) atoms. The summed E-state index contributed by atoms with van der Waals surface area (Å²) in [5.74, 6) is 0.680. The maximum atomic E-state index is 9.11. The van der Waals surface area contributed by atoms with E-state index in [1.165, 1.54) is 0 Å². The van der Waals surface area contributed by atoms with Gasteiger partial charge in [-0.25, -0.2) is 0 Å². The van der Waals surface area contributed by atoms with Gasteiger partial charge in [0.15, 0.2) is 0 Å². The number of benzene rings is 1. The molecule has 0 unspecified atom stereocenters. The lowest BCUT2D eigenvalue weighted by Crippen LogP contribution is -2.37. The number of methoxy groups -OCH3 is 1. The lowest BCUT2D eigenvalue weighted by Gasteiger charge is -2.24. The minimum absolute atomic E-state index is 0.162. The summed E-state index contributed by atoms with van der Waals surface area (Å²) < 4.78 is 5.06. The van der Waals surface area contributed by atoms with Crippen LogP contribution >= 0.6 is 0 Å². The molecule has 0 saturated carbocycles. The molecule has 1 rings (SSSR count). The zero-order chi connectivity index (χ0) is 10.8. The SMILES string of the molecule is COc1ccc(N)c([C@](C)(N)CO)c1. The molecule has 1 aromatic carbocycles. The van der Waals surface area contributed by atoms with Crippen LogP contribution in [0.25, 0.3) is 0 Å². The fraction of sp³-hybridized carbons (Fsp3) is 0.400. The van der Waals surface area contributed by atoms with E-state index in [1.807, 2.05) is 0 Å². The number of nitrogens with two attached hydrogens (primary N) is 2. The zero-order valence-corrected chi connectivity index (χ0v) is 8.45. The van der Waals surface area contributed by atoms with Gasteiger partial charge in [0.05, 0.1) is 19.3 Å². The number of hydrogen-bond donors (Lipinski definition) is 3. The predicted octanol–water partition coefficient (Wildman–Crippen LogP) is 0.444. The second-order valence-electron chi connectivity index (χ2n) is 3.53. The molecule has 0 aliphatic heterocycles. The van der Waals surface area contributed by atoms with E-state index < -0.39 is 5.54 Å². The summed E-state index contributed by atoms with van der Waals surface area (Å²) in [7, 11) is 1.57. The van der Waals surface area contributed by atoms with E-state index in [2.05, 4.69) is 0 Å². The Morgan fingerprint density at radius 3 is 2.64 bits per heavy atom. The second kappa shape index (κ2) is 3.86. The molecule has 0 aliphatic rings. The van der Waals surface area contributed by atoms with Gasteiger partial charge in [0, 0.05) is 11.3 Å². The Morgan fingerprint density at radius 2 is 2.14 bits per heavy atom. The number of anilines is 1. The molecule has 0 spiro atoms. The number of hydrogen-bond acceptors (Lipinski definition) is 4. The number of aliphatic hydroxyl groups is 1. The highest BCUT2D eigenvalue weighted by Crippen LogP contribution is 2.27. The van der Waals surface area contributed by atoms with Crippen molar-refractivity contribution in [2.24, 2.45) is 5.73 Å². The Hall–Kier alpha value is -1.26. The van der Waals surface area contributed by atoms with Crippen LogP contribution in [0.3, 0.4) is 0 Å². The van der Waals surface area contributed by atoms with Crippen LogP contribution < -0.4 is 16.2 Å². The fourth-order valence-corrected chi connectivity index (χ4v) is 1.24. The first-order valence-corrected chi connectivity index (χ1v) is 4.35. The molecule has 1 aromatic rings. The van der Waals surface area contributed by atoms with Gasteiger partial charge >= 0.3 is 0 Å². The van der Waals surface area contributed by atoms with E-state index in [1.54, 1.807) is 32.2 Å². The molecule has 0 amide bonds. The zero-order valence-electron chi connectivity index (χ0n) is 8.45. The molecular formula is C10H16N2O2. The molecule has 5 N–H and O–H groups in total. The summed E-state index contributed by atoms with van der Waals surface area (Å²) in [6, 6.07) is 5.22. The van der Waals surface area contributed by atoms with Crippen molar-refractivity contribution in [3.63, 3.8) is 0 Å². The van der Waals surface area contributed by atoms with E-state index in [9.17, 15) is 0 Å². The van der Waals surface area contributed by atoms with Gasteiger partial charge in [-0.1, -0.05) is 0 Å². The number of aliphatic hydroxyl groups excluding tert-OH is 1. The van der Waals surface area contributed by atoms with Gasteiger partial charge < -0.3 is 21.3 Å². The third kappa shape index (κ3) is 1.97. The van der Waals surface area contributed by atoms with Crippen molar-refractivity contribution in [3.05, 3.63) is 23.8 Å². The summed E-state index contributed by atoms with van der Waals surface area (Å²) >= 11 is 0. The largest absolute Gasteiger partial charge is 0.497 e. The van der Waals surface area contributed by atoms with Gasteiger partial charge in [-0.15, -0.1) is 0 Å². The van der Waals surface area contributed by atoms with Crippen LogP contribution in [0, 0.1) is 0 Å². The fourth-order valence-electron chi connectivity index (χ4n) is 1.24. The summed E-state index contributed by atoms with van der Waals surface area (Å²) in [6.07, 6.45) is 0. The first-order valence-electron chi connectivity index (χ1n) is 4.35. The van der Waals surface area contributed by atoms with Crippen molar-refractivity contribution < 1.29 is 9.84 Å². The predicted molar refractivity (Wildman–Crippen MR) is 56.0 cm³/mol. The minimum Gasteiger partial charge on any atom is -0.497 e. The number of rotatable bonds is 3. The average molecular weight is 196 g/mol. The van der Waals surface area contributed by atoms with Gasteiger partial charge in [-0.3, -0.25) is 0 Å². The summed E-state index contributed by atoms with van der Waals surface area (Å²) in [4.78, 5) is 0. The van der Waals surface area contributed by atoms with Gasteiger partial charge in [0.1, 0.15) is 5.75 Å². The summed E-state index contributed by atoms with van der Waals surface area (Å²) in [5.41, 5.74) is 12.1. The van der Waals surface area contributed by atoms with Gasteiger partial charge in [0.2, 0.25) is 0 Å². The standard InChI is InChI=1S/C10H16N2O2/c1-10(12,6-13)8-5-7(14-2)3-4-9(8)11/h3-5,13H,6,11-12H2,1-2H3/t10-/m1/s1. The molecule has 78 valence electrons. The Bertz CT molecular complexity index is 324. The van der Waals surface area contributed by atoms with Gasteiger partial charge in [-0.05, 0) is 25.1 Å². The monoisotopic (exact) mass is 196 g/mol. The Kier molecular flexibility index (Phi) is 2.98. The number of ether oxygens (including phenoxy) is 1. The van der Waals surface area contributed by atoms with E-state index in [0.717, 1.165) is 0 Å². The molecule has 0 aromatic heterocycles. The lowest BCUT2D eigenvalue weighted by molar-refractivity contribution is 0.210. The van der Waals surface area contributed by atoms with Crippen LogP contribution in [0.1, 0.15) is 12.5 Å². The molecule has 1 atom stereocenters. The molecule has 0 aliphatic carbocycles. The molecule has 0 fully saturated rings. The van der Waals surface area contributed by atoms with Crippen molar-refractivity contribution in [1.29, 1.82) is 0 Å². The smallest absolute Gasteiger partial charge is 0.119 e. The van der Waals surface area contributed by atoms with Crippen LogP contribution in [0.15, 0.2) is 18.2 Å². The van der Waals surface area contributed by atoms with Gasteiger partial charge in [0.25, 0.3) is 0 Å². The van der Waals surface area contributed by atoms with Crippen LogP contribution in [0.2, 0.25) is 0 Å². The highest BCUT2D eigenvalue weighted by Gasteiger charge is 2.23. The maximum absolute atomic E-state index is 9.11. The Morgan fingerprint density at radius 1 is 1.50 bits per heavy atom. The van der Waals surface area contributed by atoms with E-state index in [4.69, 9.17) is 21.3 Å². The highest BCUT2D eigenvalue weighted by atomic mass is 16.5. The second-order valence-corrected chi connectivity index (χ2v) is 3.53. The third-order valence-corrected chi connectivity index (χ3v) is 2.20. The van der Waals surface area contributed by atoms with Crippen molar-refractivity contribution in [2.45, 2.75) is 12.5 Å². The van der Waals surface area contributed by atoms with E-state index in [-0.39, 0.29) is 6.61 Å². The molecule has 0 heterocycles. The van der Waals surface area contributed by atoms with Crippen LogP contribution in [-0.4, -0.2) is 18.8 Å². The molecule has 0 radical (unpaired) electrons. The first-order chi connectivity index (χ1) is 6.51. The first kappa shape index (κ1) is 10.8. The van der Waals surface area contributed by atoms with Crippen LogP contribution in [-0.2, 0) is 5.54 Å². The Labute approximate surface area is 83.5 Å². The summed E-state index contributed by atoms with van der Waals surface area (Å²) in [6.45, 7) is 1.56. The minimum atomic E-state index is -0.835. The quantitative estimate of drug-likeness (QED) is 0.613. The maximum Gasteiger partial charge on any atom is 0.119 e. The van der Waals surface area contributed by atoms with Crippen molar-refractivity contribution in [2.75, 3.05) is 19.5 Å². The highest BCUT2D eigenvalue weighted by molar-refractivity contribution is 5.53. The van der Waals surface area contributed by atoms with E-state index in [0.29, 0.717) is 17.0 Å². The van der Waals surface area contributed by atoms with Crippen molar-refractivity contribution in [1.82, 2.24) is 0 Å². The Balaban J connectivity index is 3.18. The van der Waals surface area contributed by atoms with Crippen LogP contribution in [0.5, 0.6) is 5.75 Å². The molecular weight excluding hydrogens is 180 g/mol.